The van der Waals surface area contributed by atoms with Gasteiger partial charge in [-0.1, -0.05) is 13.3 Å². The van der Waals surface area contributed by atoms with E-state index >= 15 is 0 Å². The Balaban J connectivity index is 1.90. The lowest BCUT2D eigenvalue weighted by atomic mass is 9.79. The van der Waals surface area contributed by atoms with E-state index in [9.17, 15) is 4.79 Å². The van der Waals surface area contributed by atoms with Gasteiger partial charge in [0.05, 0.1) is 13.1 Å². The fraction of sp³-hybridized carbons (Fsp3) is 0.909. The summed E-state index contributed by atoms with van der Waals surface area (Å²) in [5.74, 6) is 0.982. The van der Waals surface area contributed by atoms with Gasteiger partial charge in [0.1, 0.15) is 5.60 Å². The Bertz CT molecular complexity index is 233. The minimum absolute atomic E-state index is 0.0323. The molecule has 2 saturated heterocycles. The third kappa shape index (κ3) is 1.65. The van der Waals surface area contributed by atoms with Gasteiger partial charge in [0.25, 0.3) is 0 Å². The summed E-state index contributed by atoms with van der Waals surface area (Å²) in [5, 5.41) is 0. The summed E-state index contributed by atoms with van der Waals surface area (Å²) in [6.45, 7) is 6.39. The van der Waals surface area contributed by atoms with Gasteiger partial charge in [-0.3, -0.25) is 4.79 Å². The molecule has 0 saturated carbocycles. The zero-order chi connectivity index (χ0) is 10.2. The number of carbonyl (C=O) groups excluding carboxylic acids is 1. The van der Waals surface area contributed by atoms with Crippen LogP contribution in [0.15, 0.2) is 0 Å². The van der Waals surface area contributed by atoms with E-state index in [4.69, 9.17) is 4.74 Å². The minimum Gasteiger partial charge on any atom is -0.371 e. The van der Waals surface area contributed by atoms with E-state index < -0.39 is 0 Å². The Morgan fingerprint density at radius 2 is 2.29 bits per heavy atom. The summed E-state index contributed by atoms with van der Waals surface area (Å²) in [4.78, 5) is 12.9. The number of rotatable bonds is 1. The van der Waals surface area contributed by atoms with Crippen molar-refractivity contribution in [1.82, 2.24) is 4.90 Å². The van der Waals surface area contributed by atoms with Crippen molar-refractivity contribution in [2.45, 2.75) is 38.7 Å². The van der Waals surface area contributed by atoms with E-state index in [0.717, 1.165) is 32.0 Å². The highest BCUT2D eigenvalue weighted by molar-refractivity contribution is 5.74. The third-order valence-corrected chi connectivity index (χ3v) is 3.58. The Morgan fingerprint density at radius 3 is 2.86 bits per heavy atom. The molecule has 0 N–H and O–H groups in total. The van der Waals surface area contributed by atoms with Crippen LogP contribution in [0.5, 0.6) is 0 Å². The first-order chi connectivity index (χ1) is 6.65. The number of carbonyl (C=O) groups is 1. The fourth-order valence-corrected chi connectivity index (χ4v) is 2.57. The number of ether oxygens (including phenoxy) is 1. The molecule has 80 valence electrons. The quantitative estimate of drug-likeness (QED) is 0.636. The predicted octanol–water partition coefficient (Wildman–Crippen LogP) is 1.42. The van der Waals surface area contributed by atoms with Gasteiger partial charge in [-0.05, 0) is 18.8 Å². The van der Waals surface area contributed by atoms with Crippen LogP contribution in [0, 0.1) is 5.92 Å². The van der Waals surface area contributed by atoms with Gasteiger partial charge >= 0.3 is 0 Å². The van der Waals surface area contributed by atoms with Crippen molar-refractivity contribution in [2.75, 3.05) is 19.7 Å². The van der Waals surface area contributed by atoms with Crippen LogP contribution in [-0.2, 0) is 9.53 Å². The SMILES string of the molecule is CCC1CCOC2(C1)CN(C(C)=O)C2. The summed E-state index contributed by atoms with van der Waals surface area (Å²) in [6.07, 6.45) is 3.58. The molecule has 3 nitrogen and oxygen atoms in total. The first kappa shape index (κ1) is 9.97. The van der Waals surface area contributed by atoms with E-state index in [-0.39, 0.29) is 11.5 Å². The van der Waals surface area contributed by atoms with Crippen LogP contribution in [0.1, 0.15) is 33.1 Å². The van der Waals surface area contributed by atoms with Crippen molar-refractivity contribution in [3.63, 3.8) is 0 Å². The summed E-state index contributed by atoms with van der Waals surface area (Å²) in [7, 11) is 0. The number of nitrogens with zero attached hydrogens (tertiary/aromatic N) is 1. The molecular formula is C11H19NO2. The topological polar surface area (TPSA) is 29.5 Å². The number of hydrogen-bond donors (Lipinski definition) is 0. The molecule has 3 heteroatoms. The van der Waals surface area contributed by atoms with Gasteiger partial charge in [0.15, 0.2) is 0 Å². The van der Waals surface area contributed by atoms with Gasteiger partial charge in [-0.15, -0.1) is 0 Å². The second-order valence-electron chi connectivity index (χ2n) is 4.67. The average Bonchev–Trinajstić information content (AvgIpc) is 2.14. The van der Waals surface area contributed by atoms with Crippen molar-refractivity contribution in [3.05, 3.63) is 0 Å². The van der Waals surface area contributed by atoms with Gasteiger partial charge < -0.3 is 9.64 Å². The van der Waals surface area contributed by atoms with Crippen molar-refractivity contribution >= 4 is 5.91 Å². The molecule has 1 amide bonds. The summed E-state index contributed by atoms with van der Waals surface area (Å²) >= 11 is 0. The smallest absolute Gasteiger partial charge is 0.219 e. The number of likely N-dealkylation sites (tertiary alicyclic amines) is 1. The lowest BCUT2D eigenvalue weighted by Gasteiger charge is -2.53. The predicted molar refractivity (Wildman–Crippen MR) is 54.0 cm³/mol. The molecule has 2 aliphatic rings. The Morgan fingerprint density at radius 1 is 1.57 bits per heavy atom. The van der Waals surface area contributed by atoms with E-state index in [1.807, 2.05) is 4.90 Å². The number of amides is 1. The fourth-order valence-electron chi connectivity index (χ4n) is 2.57. The molecule has 1 atom stereocenters. The highest BCUT2D eigenvalue weighted by atomic mass is 16.5. The maximum atomic E-state index is 11.1. The van der Waals surface area contributed by atoms with Crippen LogP contribution in [-0.4, -0.2) is 36.1 Å². The lowest BCUT2D eigenvalue weighted by Crippen LogP contribution is -2.66. The Kier molecular flexibility index (Phi) is 2.52. The molecular weight excluding hydrogens is 178 g/mol. The molecule has 14 heavy (non-hydrogen) atoms. The Labute approximate surface area is 85.4 Å². The van der Waals surface area contributed by atoms with Crippen LogP contribution < -0.4 is 0 Å². The maximum Gasteiger partial charge on any atom is 0.219 e. The number of hydrogen-bond acceptors (Lipinski definition) is 2. The first-order valence-electron chi connectivity index (χ1n) is 5.55. The van der Waals surface area contributed by atoms with Crippen molar-refractivity contribution in [1.29, 1.82) is 0 Å². The molecule has 2 rings (SSSR count). The second kappa shape index (κ2) is 3.54. The van der Waals surface area contributed by atoms with Crippen molar-refractivity contribution in [3.8, 4) is 0 Å². The third-order valence-electron chi connectivity index (χ3n) is 3.58. The summed E-state index contributed by atoms with van der Waals surface area (Å²) in [5.41, 5.74) is 0.0323. The minimum atomic E-state index is 0.0323. The summed E-state index contributed by atoms with van der Waals surface area (Å²) < 4.78 is 5.82. The van der Waals surface area contributed by atoms with E-state index in [1.165, 1.54) is 12.8 Å². The van der Waals surface area contributed by atoms with Crippen LogP contribution in [0.3, 0.4) is 0 Å². The highest BCUT2D eigenvalue weighted by Gasteiger charge is 2.47. The van der Waals surface area contributed by atoms with E-state index in [2.05, 4.69) is 6.92 Å². The van der Waals surface area contributed by atoms with Crippen LogP contribution in [0.2, 0.25) is 0 Å². The lowest BCUT2D eigenvalue weighted by molar-refractivity contribution is -0.187. The highest BCUT2D eigenvalue weighted by Crippen LogP contribution is 2.37. The van der Waals surface area contributed by atoms with Crippen LogP contribution in [0.25, 0.3) is 0 Å². The van der Waals surface area contributed by atoms with Gasteiger partial charge in [-0.25, -0.2) is 0 Å². The zero-order valence-electron chi connectivity index (χ0n) is 9.08. The van der Waals surface area contributed by atoms with Crippen molar-refractivity contribution in [2.24, 2.45) is 5.92 Å². The molecule has 0 aliphatic carbocycles. The molecule has 2 heterocycles. The van der Waals surface area contributed by atoms with Gasteiger partial charge in [0, 0.05) is 13.5 Å². The molecule has 0 aromatic carbocycles. The maximum absolute atomic E-state index is 11.1. The largest absolute Gasteiger partial charge is 0.371 e. The first-order valence-corrected chi connectivity index (χ1v) is 5.55. The van der Waals surface area contributed by atoms with E-state index in [1.54, 1.807) is 6.92 Å². The van der Waals surface area contributed by atoms with Crippen LogP contribution >= 0.6 is 0 Å². The normalized spacial score (nSPS) is 30.1. The molecule has 0 radical (unpaired) electrons. The van der Waals surface area contributed by atoms with Crippen LogP contribution in [0.4, 0.5) is 0 Å². The standard InChI is InChI=1S/C11H19NO2/c1-3-10-4-5-14-11(6-10)7-12(8-11)9(2)13/h10H,3-8H2,1-2H3. The van der Waals surface area contributed by atoms with E-state index in [0.29, 0.717) is 0 Å². The molecule has 2 aliphatic heterocycles. The van der Waals surface area contributed by atoms with Crippen molar-refractivity contribution < 1.29 is 9.53 Å². The molecule has 0 aromatic rings. The monoisotopic (exact) mass is 197 g/mol. The summed E-state index contributed by atoms with van der Waals surface area (Å²) in [6, 6.07) is 0. The van der Waals surface area contributed by atoms with Gasteiger partial charge in [0.2, 0.25) is 5.91 Å². The Hall–Kier alpha value is -0.570. The average molecular weight is 197 g/mol. The molecule has 1 unspecified atom stereocenters. The molecule has 2 fully saturated rings. The molecule has 0 bridgehead atoms. The molecule has 0 aromatic heterocycles. The zero-order valence-corrected chi connectivity index (χ0v) is 9.08. The molecule has 1 spiro atoms. The van der Waals surface area contributed by atoms with Gasteiger partial charge in [-0.2, -0.15) is 0 Å². The second-order valence-corrected chi connectivity index (χ2v) is 4.67.